The standard InChI is InChI=1S/C9H9FN2O2S/c10-9-3-1-2-8(6-9)7-12-15(13,14)5-4-11/h1-3,6,12H,5,7H2. The van der Waals surface area contributed by atoms with E-state index in [2.05, 4.69) is 4.72 Å². The molecular weight excluding hydrogens is 219 g/mol. The molecular formula is C9H9FN2O2S. The van der Waals surface area contributed by atoms with Crippen LogP contribution in [0.5, 0.6) is 0 Å². The molecule has 0 saturated heterocycles. The quantitative estimate of drug-likeness (QED) is 0.827. The lowest BCUT2D eigenvalue weighted by molar-refractivity contribution is 0.583. The van der Waals surface area contributed by atoms with E-state index in [1.54, 1.807) is 6.07 Å². The number of benzene rings is 1. The lowest BCUT2D eigenvalue weighted by atomic mass is 10.2. The fourth-order valence-corrected chi connectivity index (χ4v) is 1.63. The first-order valence-corrected chi connectivity index (χ1v) is 5.77. The topological polar surface area (TPSA) is 70.0 Å². The van der Waals surface area contributed by atoms with Gasteiger partial charge < -0.3 is 0 Å². The second-order valence-corrected chi connectivity index (χ2v) is 4.68. The Morgan fingerprint density at radius 1 is 1.47 bits per heavy atom. The molecule has 0 aromatic heterocycles. The number of sulfonamides is 1. The monoisotopic (exact) mass is 228 g/mol. The lowest BCUT2D eigenvalue weighted by Gasteiger charge is -2.03. The van der Waals surface area contributed by atoms with E-state index in [0.717, 1.165) is 0 Å². The second kappa shape index (κ2) is 4.87. The number of nitriles is 1. The van der Waals surface area contributed by atoms with Crippen LogP contribution < -0.4 is 4.72 Å². The van der Waals surface area contributed by atoms with E-state index >= 15 is 0 Å². The first-order valence-electron chi connectivity index (χ1n) is 4.12. The predicted molar refractivity (Wildman–Crippen MR) is 52.6 cm³/mol. The molecule has 1 aromatic carbocycles. The van der Waals surface area contributed by atoms with Gasteiger partial charge in [-0.2, -0.15) is 5.26 Å². The minimum atomic E-state index is -3.58. The van der Waals surface area contributed by atoms with E-state index in [1.165, 1.54) is 24.3 Å². The largest absolute Gasteiger partial charge is 0.225 e. The summed E-state index contributed by atoms with van der Waals surface area (Å²) in [5.41, 5.74) is 0.511. The zero-order chi connectivity index (χ0) is 11.3. The molecule has 4 nitrogen and oxygen atoms in total. The van der Waals surface area contributed by atoms with Gasteiger partial charge in [0.1, 0.15) is 5.82 Å². The minimum absolute atomic E-state index is 0.0121. The lowest BCUT2D eigenvalue weighted by Crippen LogP contribution is -2.25. The average molecular weight is 228 g/mol. The van der Waals surface area contributed by atoms with E-state index in [4.69, 9.17) is 5.26 Å². The van der Waals surface area contributed by atoms with E-state index in [0.29, 0.717) is 5.56 Å². The average Bonchev–Trinajstić information content (AvgIpc) is 2.15. The van der Waals surface area contributed by atoms with Crippen LogP contribution in [-0.2, 0) is 16.6 Å². The Balaban J connectivity index is 2.62. The third-order valence-corrected chi connectivity index (χ3v) is 2.73. The molecule has 1 N–H and O–H groups in total. The molecule has 15 heavy (non-hydrogen) atoms. The van der Waals surface area contributed by atoms with Crippen molar-refractivity contribution in [2.75, 3.05) is 5.75 Å². The molecule has 0 atom stereocenters. The maximum absolute atomic E-state index is 12.7. The van der Waals surface area contributed by atoms with Gasteiger partial charge in [-0.25, -0.2) is 17.5 Å². The van der Waals surface area contributed by atoms with Crippen LogP contribution in [0, 0.1) is 17.1 Å². The highest BCUT2D eigenvalue weighted by Crippen LogP contribution is 2.03. The van der Waals surface area contributed by atoms with Crippen molar-refractivity contribution in [1.82, 2.24) is 4.72 Å². The van der Waals surface area contributed by atoms with Gasteiger partial charge in [-0.05, 0) is 17.7 Å². The van der Waals surface area contributed by atoms with Crippen LogP contribution in [0.2, 0.25) is 0 Å². The van der Waals surface area contributed by atoms with Gasteiger partial charge >= 0.3 is 0 Å². The Kier molecular flexibility index (Phi) is 3.77. The SMILES string of the molecule is N#CCS(=O)(=O)NCc1cccc(F)c1. The molecule has 6 heteroatoms. The van der Waals surface area contributed by atoms with Crippen LogP contribution in [0.15, 0.2) is 24.3 Å². The third kappa shape index (κ3) is 4.06. The van der Waals surface area contributed by atoms with Crippen LogP contribution in [0.3, 0.4) is 0 Å². The molecule has 0 aliphatic rings. The van der Waals surface area contributed by atoms with E-state index in [1.807, 2.05) is 0 Å². The number of nitrogens with zero attached hydrogens (tertiary/aromatic N) is 1. The van der Waals surface area contributed by atoms with Gasteiger partial charge in [0.15, 0.2) is 5.75 Å². The molecule has 0 radical (unpaired) electrons. The van der Waals surface area contributed by atoms with Crippen molar-refractivity contribution in [2.45, 2.75) is 6.54 Å². The smallest absolute Gasteiger partial charge is 0.211 e. The fraction of sp³-hybridized carbons (Fsp3) is 0.222. The molecule has 0 spiro atoms. The highest BCUT2D eigenvalue weighted by atomic mass is 32.2. The zero-order valence-electron chi connectivity index (χ0n) is 7.77. The second-order valence-electron chi connectivity index (χ2n) is 2.87. The van der Waals surface area contributed by atoms with Gasteiger partial charge in [0.25, 0.3) is 0 Å². The third-order valence-electron chi connectivity index (χ3n) is 1.64. The van der Waals surface area contributed by atoms with E-state index < -0.39 is 21.6 Å². The van der Waals surface area contributed by atoms with Gasteiger partial charge in [0.05, 0.1) is 6.07 Å². The molecule has 0 amide bonds. The Morgan fingerprint density at radius 3 is 2.80 bits per heavy atom. The molecule has 80 valence electrons. The van der Waals surface area contributed by atoms with Crippen LogP contribution in [0.1, 0.15) is 5.56 Å². The van der Waals surface area contributed by atoms with Gasteiger partial charge in [0, 0.05) is 6.54 Å². The molecule has 0 heterocycles. The Morgan fingerprint density at radius 2 is 2.20 bits per heavy atom. The summed E-state index contributed by atoms with van der Waals surface area (Å²) in [6.07, 6.45) is 0. The van der Waals surface area contributed by atoms with Crippen molar-refractivity contribution in [2.24, 2.45) is 0 Å². The summed E-state index contributed by atoms with van der Waals surface area (Å²) in [7, 11) is -3.58. The number of hydrogen-bond donors (Lipinski definition) is 1. The summed E-state index contributed by atoms with van der Waals surface area (Å²) in [6, 6.07) is 7.12. The van der Waals surface area contributed by atoms with Crippen LogP contribution in [0.25, 0.3) is 0 Å². The van der Waals surface area contributed by atoms with Crippen LogP contribution in [0.4, 0.5) is 4.39 Å². The van der Waals surface area contributed by atoms with Crippen molar-refractivity contribution in [1.29, 1.82) is 5.26 Å². The highest BCUT2D eigenvalue weighted by Gasteiger charge is 2.08. The van der Waals surface area contributed by atoms with Crippen molar-refractivity contribution < 1.29 is 12.8 Å². The number of nitrogens with one attached hydrogen (secondary N) is 1. The Hall–Kier alpha value is -1.45. The molecule has 0 aliphatic carbocycles. The van der Waals surface area contributed by atoms with Crippen molar-refractivity contribution >= 4 is 10.0 Å². The molecule has 0 bridgehead atoms. The summed E-state index contributed by atoms with van der Waals surface area (Å²) >= 11 is 0. The van der Waals surface area contributed by atoms with Gasteiger partial charge in [-0.15, -0.1) is 0 Å². The van der Waals surface area contributed by atoms with Crippen molar-refractivity contribution in [3.05, 3.63) is 35.6 Å². The molecule has 1 rings (SSSR count). The molecule has 0 saturated carbocycles. The Labute approximate surface area is 87.4 Å². The summed E-state index contributed by atoms with van der Waals surface area (Å²) in [6.45, 7) is -0.0121. The zero-order valence-corrected chi connectivity index (χ0v) is 8.59. The van der Waals surface area contributed by atoms with Gasteiger partial charge in [-0.1, -0.05) is 12.1 Å². The molecule has 0 fully saturated rings. The van der Waals surface area contributed by atoms with E-state index in [-0.39, 0.29) is 6.54 Å². The number of hydrogen-bond acceptors (Lipinski definition) is 3. The molecule has 0 unspecified atom stereocenters. The summed E-state index contributed by atoms with van der Waals surface area (Å²) in [5.74, 6) is -1.02. The maximum atomic E-state index is 12.7. The minimum Gasteiger partial charge on any atom is -0.211 e. The fourth-order valence-electron chi connectivity index (χ4n) is 0.976. The van der Waals surface area contributed by atoms with Crippen LogP contribution >= 0.6 is 0 Å². The van der Waals surface area contributed by atoms with Gasteiger partial charge in [-0.3, -0.25) is 0 Å². The van der Waals surface area contributed by atoms with Crippen molar-refractivity contribution in [3.8, 4) is 6.07 Å². The van der Waals surface area contributed by atoms with Crippen molar-refractivity contribution in [3.63, 3.8) is 0 Å². The first-order chi connectivity index (χ1) is 7.03. The first kappa shape index (κ1) is 11.6. The predicted octanol–water partition coefficient (Wildman–Crippen LogP) is 0.769. The highest BCUT2D eigenvalue weighted by molar-refractivity contribution is 7.89. The Bertz CT molecular complexity index is 479. The number of rotatable bonds is 4. The molecule has 1 aromatic rings. The normalized spacial score (nSPS) is 10.9. The number of halogens is 1. The van der Waals surface area contributed by atoms with Gasteiger partial charge in [0.2, 0.25) is 10.0 Å². The van der Waals surface area contributed by atoms with E-state index in [9.17, 15) is 12.8 Å². The van der Waals surface area contributed by atoms with Crippen LogP contribution in [-0.4, -0.2) is 14.2 Å². The summed E-state index contributed by atoms with van der Waals surface area (Å²) in [5, 5.41) is 8.21. The molecule has 0 aliphatic heterocycles. The summed E-state index contributed by atoms with van der Waals surface area (Å²) in [4.78, 5) is 0. The summed E-state index contributed by atoms with van der Waals surface area (Å²) < 4.78 is 37.0. The maximum Gasteiger partial charge on any atom is 0.225 e.